The average Bonchev–Trinajstić information content (AvgIpc) is 2.82. The molecule has 0 atom stereocenters. The van der Waals surface area contributed by atoms with E-state index in [9.17, 15) is 13.2 Å². The molecule has 6 heteroatoms. The predicted molar refractivity (Wildman–Crippen MR) is 62.1 cm³/mol. The largest absolute Gasteiger partial charge is 0.435 e. The van der Waals surface area contributed by atoms with Crippen LogP contribution in [0.2, 0.25) is 0 Å². The number of hydrogen-bond acceptors (Lipinski definition) is 3. The zero-order valence-electron chi connectivity index (χ0n) is 10.0. The first-order chi connectivity index (χ1) is 8.55. The van der Waals surface area contributed by atoms with E-state index in [0.717, 1.165) is 24.9 Å². The van der Waals surface area contributed by atoms with Gasteiger partial charge >= 0.3 is 6.18 Å². The molecule has 1 aliphatic carbocycles. The first kappa shape index (κ1) is 13.1. The van der Waals surface area contributed by atoms with Gasteiger partial charge in [0.15, 0.2) is 5.69 Å². The third kappa shape index (κ3) is 3.58. The third-order valence-electron chi connectivity index (χ3n) is 3.29. The second-order valence-corrected chi connectivity index (χ2v) is 4.67. The van der Waals surface area contributed by atoms with Crippen LogP contribution >= 0.6 is 0 Å². The van der Waals surface area contributed by atoms with Crippen molar-refractivity contribution in [3.63, 3.8) is 0 Å². The summed E-state index contributed by atoms with van der Waals surface area (Å²) in [5.41, 5.74) is -0.955. The van der Waals surface area contributed by atoms with Crippen LogP contribution in [0.3, 0.4) is 0 Å². The van der Waals surface area contributed by atoms with Crippen molar-refractivity contribution in [2.75, 3.05) is 11.9 Å². The summed E-state index contributed by atoms with van der Waals surface area (Å²) in [6.07, 6.45) is 1.74. The van der Waals surface area contributed by atoms with Crippen molar-refractivity contribution in [3.05, 3.63) is 17.8 Å². The number of alkyl halides is 3. The van der Waals surface area contributed by atoms with E-state index in [0.29, 0.717) is 5.82 Å². The predicted octanol–water partition coefficient (Wildman–Crippen LogP) is 3.49. The number of rotatable bonds is 4. The van der Waals surface area contributed by atoms with E-state index in [1.54, 1.807) is 0 Å². The quantitative estimate of drug-likeness (QED) is 0.899. The molecule has 1 saturated carbocycles. The van der Waals surface area contributed by atoms with Gasteiger partial charge in [0.1, 0.15) is 5.82 Å². The van der Waals surface area contributed by atoms with Crippen LogP contribution in [0, 0.1) is 5.92 Å². The van der Waals surface area contributed by atoms with E-state index in [2.05, 4.69) is 15.5 Å². The maximum atomic E-state index is 12.3. The molecule has 0 bridgehead atoms. The lowest BCUT2D eigenvalue weighted by atomic mass is 10.0. The summed E-state index contributed by atoms with van der Waals surface area (Å²) in [5, 5.41) is 9.70. The fourth-order valence-electron chi connectivity index (χ4n) is 2.28. The fraction of sp³-hybridized carbons (Fsp3) is 0.667. The van der Waals surface area contributed by atoms with E-state index < -0.39 is 11.9 Å². The van der Waals surface area contributed by atoms with Gasteiger partial charge in [0.05, 0.1) is 0 Å². The van der Waals surface area contributed by atoms with Crippen molar-refractivity contribution >= 4 is 5.82 Å². The van der Waals surface area contributed by atoms with Gasteiger partial charge in [-0.25, -0.2) is 0 Å². The normalized spacial score (nSPS) is 17.1. The molecule has 1 N–H and O–H groups in total. The van der Waals surface area contributed by atoms with Crippen LogP contribution in [0.15, 0.2) is 12.1 Å². The number of aromatic nitrogens is 2. The summed E-state index contributed by atoms with van der Waals surface area (Å²) in [6, 6.07) is 2.27. The lowest BCUT2D eigenvalue weighted by molar-refractivity contribution is -0.141. The Bertz CT molecular complexity index is 369. The van der Waals surface area contributed by atoms with Gasteiger partial charge in [0.2, 0.25) is 0 Å². The second-order valence-electron chi connectivity index (χ2n) is 4.67. The van der Waals surface area contributed by atoms with Crippen LogP contribution in [-0.2, 0) is 6.18 Å². The van der Waals surface area contributed by atoms with Crippen molar-refractivity contribution in [1.29, 1.82) is 0 Å². The second kappa shape index (κ2) is 5.54. The molecule has 18 heavy (non-hydrogen) atoms. The molecule has 1 fully saturated rings. The van der Waals surface area contributed by atoms with E-state index in [4.69, 9.17) is 0 Å². The third-order valence-corrected chi connectivity index (χ3v) is 3.29. The standard InChI is InChI=1S/C12H16F3N3/c13-12(14,15)10-5-6-11(18-17-10)16-8-7-9-3-1-2-4-9/h5-6,9H,1-4,7-8H2,(H,16,18). The van der Waals surface area contributed by atoms with E-state index in [-0.39, 0.29) is 0 Å². The van der Waals surface area contributed by atoms with Crippen molar-refractivity contribution in [1.82, 2.24) is 10.2 Å². The first-order valence-electron chi connectivity index (χ1n) is 6.20. The van der Waals surface area contributed by atoms with Gasteiger partial charge in [-0.3, -0.25) is 0 Å². The van der Waals surface area contributed by atoms with Crippen LogP contribution in [-0.4, -0.2) is 16.7 Å². The number of halogens is 3. The lowest BCUT2D eigenvalue weighted by Crippen LogP contribution is -2.12. The van der Waals surface area contributed by atoms with Crippen LogP contribution < -0.4 is 5.32 Å². The highest BCUT2D eigenvalue weighted by atomic mass is 19.4. The molecule has 0 aliphatic heterocycles. The molecule has 0 amide bonds. The molecule has 0 radical (unpaired) electrons. The molecule has 1 aliphatic rings. The molecule has 0 spiro atoms. The summed E-state index contributed by atoms with van der Waals surface area (Å²) in [7, 11) is 0. The van der Waals surface area contributed by atoms with Gasteiger partial charge in [0, 0.05) is 6.54 Å². The van der Waals surface area contributed by atoms with Crippen LogP contribution in [0.5, 0.6) is 0 Å². The lowest BCUT2D eigenvalue weighted by Gasteiger charge is -2.10. The van der Waals surface area contributed by atoms with Gasteiger partial charge in [-0.1, -0.05) is 25.7 Å². The molecular weight excluding hydrogens is 243 g/mol. The molecule has 0 saturated heterocycles. The van der Waals surface area contributed by atoms with Gasteiger partial charge in [-0.15, -0.1) is 10.2 Å². The van der Waals surface area contributed by atoms with E-state index in [1.807, 2.05) is 0 Å². The summed E-state index contributed by atoms with van der Waals surface area (Å²) < 4.78 is 36.8. The maximum Gasteiger partial charge on any atom is 0.435 e. The Balaban J connectivity index is 1.79. The minimum Gasteiger partial charge on any atom is -0.369 e. The van der Waals surface area contributed by atoms with Crippen molar-refractivity contribution in [2.45, 2.75) is 38.3 Å². The number of nitrogens with one attached hydrogen (secondary N) is 1. The van der Waals surface area contributed by atoms with Crippen LogP contribution in [0.1, 0.15) is 37.8 Å². The Morgan fingerprint density at radius 1 is 1.17 bits per heavy atom. The molecule has 1 aromatic rings. The molecule has 3 nitrogen and oxygen atoms in total. The zero-order valence-corrected chi connectivity index (χ0v) is 10.0. The monoisotopic (exact) mass is 259 g/mol. The Labute approximate surface area is 104 Å². The number of anilines is 1. The van der Waals surface area contributed by atoms with Crippen LogP contribution in [0.4, 0.5) is 19.0 Å². The highest BCUT2D eigenvalue weighted by molar-refractivity contribution is 5.33. The highest BCUT2D eigenvalue weighted by Crippen LogP contribution is 2.28. The van der Waals surface area contributed by atoms with Crippen molar-refractivity contribution < 1.29 is 13.2 Å². The Morgan fingerprint density at radius 3 is 2.44 bits per heavy atom. The Hall–Kier alpha value is -1.33. The van der Waals surface area contributed by atoms with Gasteiger partial charge in [-0.05, 0) is 24.5 Å². The fourth-order valence-corrected chi connectivity index (χ4v) is 2.28. The summed E-state index contributed by atoms with van der Waals surface area (Å²) in [5.74, 6) is 1.15. The number of nitrogens with zero attached hydrogens (tertiary/aromatic N) is 2. The molecule has 2 rings (SSSR count). The highest BCUT2D eigenvalue weighted by Gasteiger charge is 2.32. The van der Waals surface area contributed by atoms with Crippen LogP contribution in [0.25, 0.3) is 0 Å². The summed E-state index contributed by atoms with van der Waals surface area (Å²) in [4.78, 5) is 0. The summed E-state index contributed by atoms with van der Waals surface area (Å²) in [6.45, 7) is 0.741. The molecular formula is C12H16F3N3. The van der Waals surface area contributed by atoms with E-state index in [1.165, 1.54) is 31.7 Å². The van der Waals surface area contributed by atoms with E-state index >= 15 is 0 Å². The SMILES string of the molecule is FC(F)(F)c1ccc(NCCC2CCCC2)nn1. The first-order valence-corrected chi connectivity index (χ1v) is 6.20. The smallest absolute Gasteiger partial charge is 0.369 e. The van der Waals surface area contributed by atoms with Crippen molar-refractivity contribution in [3.8, 4) is 0 Å². The molecule has 0 unspecified atom stereocenters. The Kier molecular flexibility index (Phi) is 4.04. The molecule has 0 aromatic carbocycles. The molecule has 100 valence electrons. The average molecular weight is 259 g/mol. The minimum atomic E-state index is -4.42. The minimum absolute atomic E-state index is 0.404. The van der Waals surface area contributed by atoms with Crippen molar-refractivity contribution in [2.24, 2.45) is 5.92 Å². The molecule has 1 heterocycles. The van der Waals surface area contributed by atoms with Gasteiger partial charge in [-0.2, -0.15) is 13.2 Å². The topological polar surface area (TPSA) is 37.8 Å². The number of hydrogen-bond donors (Lipinski definition) is 1. The van der Waals surface area contributed by atoms with Gasteiger partial charge < -0.3 is 5.32 Å². The summed E-state index contributed by atoms with van der Waals surface area (Å²) >= 11 is 0. The molecule has 1 aromatic heterocycles. The maximum absolute atomic E-state index is 12.3. The Morgan fingerprint density at radius 2 is 1.89 bits per heavy atom. The zero-order chi connectivity index (χ0) is 13.0. The van der Waals surface area contributed by atoms with Gasteiger partial charge in [0.25, 0.3) is 0 Å².